The second-order valence-electron chi connectivity index (χ2n) is 6.72. The number of nitrogens with zero attached hydrogens (tertiary/aromatic N) is 1. The summed E-state index contributed by atoms with van der Waals surface area (Å²) in [4.78, 5) is 29.3. The molecule has 0 bridgehead atoms. The second-order valence-corrected chi connectivity index (χ2v) is 6.72. The lowest BCUT2D eigenvalue weighted by Gasteiger charge is -2.13. The molecule has 3 rings (SSSR count). The van der Waals surface area contributed by atoms with Crippen molar-refractivity contribution in [2.75, 3.05) is 13.7 Å². The molecule has 3 heterocycles. The van der Waals surface area contributed by atoms with Crippen molar-refractivity contribution in [1.29, 1.82) is 0 Å². The van der Waals surface area contributed by atoms with Crippen LogP contribution in [-0.2, 0) is 11.3 Å². The minimum atomic E-state index is -0.649. The van der Waals surface area contributed by atoms with Gasteiger partial charge in [-0.3, -0.25) is 9.78 Å². The molecule has 1 amide bonds. The Balaban J connectivity index is 1.78. The van der Waals surface area contributed by atoms with Crippen molar-refractivity contribution in [3.63, 3.8) is 0 Å². The lowest BCUT2D eigenvalue weighted by molar-refractivity contribution is 0.0882. The number of aryl methyl sites for hydroxylation is 2. The number of aromatic nitrogens is 1. The molecule has 0 radical (unpaired) electrons. The maximum Gasteiger partial charge on any atom is 0.349 e. The lowest BCUT2D eigenvalue weighted by Crippen LogP contribution is -2.30. The van der Waals surface area contributed by atoms with Gasteiger partial charge in [0.15, 0.2) is 0 Å². The summed E-state index contributed by atoms with van der Waals surface area (Å²) in [6.07, 6.45) is 3.24. The number of pyridine rings is 1. The lowest BCUT2D eigenvalue weighted by atomic mass is 10.1. The molecule has 1 fully saturated rings. The highest BCUT2D eigenvalue weighted by atomic mass is 16.5. The van der Waals surface area contributed by atoms with Crippen LogP contribution in [0.25, 0.3) is 0 Å². The first kappa shape index (κ1) is 19.1. The minimum absolute atomic E-state index is 0.00785. The largest absolute Gasteiger partial charge is 0.496 e. The van der Waals surface area contributed by atoms with E-state index in [0.29, 0.717) is 23.6 Å². The van der Waals surface area contributed by atoms with E-state index in [1.165, 1.54) is 0 Å². The Morgan fingerprint density at radius 1 is 1.33 bits per heavy atom. The molecule has 7 heteroatoms. The number of hydrogen-bond donors (Lipinski definition) is 1. The molecule has 144 valence electrons. The zero-order valence-electron chi connectivity index (χ0n) is 16.0. The Bertz CT molecular complexity index is 913. The van der Waals surface area contributed by atoms with Gasteiger partial charge in [0.1, 0.15) is 23.2 Å². The van der Waals surface area contributed by atoms with Crippen molar-refractivity contribution in [1.82, 2.24) is 10.3 Å². The fraction of sp³-hybridized carbons (Fsp3) is 0.450. The van der Waals surface area contributed by atoms with Crippen LogP contribution in [0, 0.1) is 20.8 Å². The predicted octanol–water partition coefficient (Wildman–Crippen LogP) is 2.75. The molecule has 1 aliphatic rings. The van der Waals surface area contributed by atoms with Gasteiger partial charge < -0.3 is 19.2 Å². The molecule has 1 saturated heterocycles. The van der Waals surface area contributed by atoms with Crippen LogP contribution in [0.2, 0.25) is 0 Å². The van der Waals surface area contributed by atoms with Crippen molar-refractivity contribution in [3.05, 3.63) is 56.4 Å². The molecule has 0 aliphatic carbocycles. The molecular weight excluding hydrogens is 348 g/mol. The number of ether oxygens (including phenoxy) is 2. The summed E-state index contributed by atoms with van der Waals surface area (Å²) in [6.45, 7) is 6.36. The highest BCUT2D eigenvalue weighted by Crippen LogP contribution is 2.28. The average Bonchev–Trinajstić information content (AvgIpc) is 3.15. The number of amides is 1. The molecule has 0 aromatic carbocycles. The van der Waals surface area contributed by atoms with E-state index in [-0.39, 0.29) is 18.2 Å². The summed E-state index contributed by atoms with van der Waals surface area (Å²) in [5.41, 5.74) is 2.39. The average molecular weight is 372 g/mol. The van der Waals surface area contributed by atoms with Gasteiger partial charge in [-0.05, 0) is 45.2 Å². The summed E-state index contributed by atoms with van der Waals surface area (Å²) >= 11 is 0. The Kier molecular flexibility index (Phi) is 5.60. The third-order valence-corrected chi connectivity index (χ3v) is 4.81. The fourth-order valence-electron chi connectivity index (χ4n) is 3.37. The first-order valence-corrected chi connectivity index (χ1v) is 8.96. The number of rotatable bonds is 5. The van der Waals surface area contributed by atoms with E-state index in [2.05, 4.69) is 10.3 Å². The van der Waals surface area contributed by atoms with E-state index < -0.39 is 11.5 Å². The van der Waals surface area contributed by atoms with Crippen molar-refractivity contribution >= 4 is 5.91 Å². The van der Waals surface area contributed by atoms with Crippen molar-refractivity contribution < 1.29 is 18.7 Å². The van der Waals surface area contributed by atoms with Crippen molar-refractivity contribution in [2.24, 2.45) is 0 Å². The third-order valence-electron chi connectivity index (χ3n) is 4.81. The van der Waals surface area contributed by atoms with E-state index in [1.807, 2.05) is 13.8 Å². The van der Waals surface area contributed by atoms with Crippen molar-refractivity contribution in [2.45, 2.75) is 46.3 Å². The van der Waals surface area contributed by atoms with Crippen LogP contribution in [-0.4, -0.2) is 24.6 Å². The maximum absolute atomic E-state index is 12.6. The van der Waals surface area contributed by atoms with Gasteiger partial charge in [-0.15, -0.1) is 0 Å². The SMILES string of the molecule is COc1c(C)cnc(CNC(=O)c2c(C)cc(C3CCCO3)oc2=O)c1C. The molecule has 0 spiro atoms. The molecule has 0 saturated carbocycles. The highest BCUT2D eigenvalue weighted by molar-refractivity contribution is 5.95. The number of nitrogens with one attached hydrogen (secondary N) is 1. The normalized spacial score (nSPS) is 16.4. The monoisotopic (exact) mass is 372 g/mol. The smallest absolute Gasteiger partial charge is 0.349 e. The van der Waals surface area contributed by atoms with Gasteiger partial charge in [-0.2, -0.15) is 0 Å². The number of hydrogen-bond acceptors (Lipinski definition) is 6. The molecule has 1 unspecified atom stereocenters. The van der Waals surface area contributed by atoms with Crippen LogP contribution in [0.4, 0.5) is 0 Å². The van der Waals surface area contributed by atoms with E-state index in [1.54, 1.807) is 26.3 Å². The van der Waals surface area contributed by atoms with Crippen LogP contribution in [0.15, 0.2) is 21.5 Å². The minimum Gasteiger partial charge on any atom is -0.496 e. The molecule has 1 N–H and O–H groups in total. The van der Waals surface area contributed by atoms with Crippen LogP contribution in [0.1, 0.15) is 57.4 Å². The first-order valence-electron chi connectivity index (χ1n) is 8.96. The second kappa shape index (κ2) is 7.92. The summed E-state index contributed by atoms with van der Waals surface area (Å²) in [6, 6.07) is 1.71. The Labute approximate surface area is 157 Å². The Morgan fingerprint density at radius 3 is 2.74 bits per heavy atom. The summed E-state index contributed by atoms with van der Waals surface area (Å²) in [5, 5.41) is 2.75. The predicted molar refractivity (Wildman–Crippen MR) is 99.1 cm³/mol. The molecule has 2 aromatic rings. The zero-order valence-corrected chi connectivity index (χ0v) is 16.0. The number of methoxy groups -OCH3 is 1. The van der Waals surface area contributed by atoms with E-state index in [0.717, 1.165) is 29.7 Å². The number of carbonyl (C=O) groups excluding carboxylic acids is 1. The summed E-state index contributed by atoms with van der Waals surface area (Å²) in [7, 11) is 1.60. The van der Waals surface area contributed by atoms with Crippen LogP contribution >= 0.6 is 0 Å². The van der Waals surface area contributed by atoms with E-state index in [4.69, 9.17) is 13.9 Å². The van der Waals surface area contributed by atoms with Gasteiger partial charge in [0.05, 0.1) is 19.3 Å². The molecule has 27 heavy (non-hydrogen) atoms. The van der Waals surface area contributed by atoms with Crippen LogP contribution in [0.3, 0.4) is 0 Å². The molecule has 1 aliphatic heterocycles. The molecule has 7 nitrogen and oxygen atoms in total. The fourth-order valence-corrected chi connectivity index (χ4v) is 3.37. The van der Waals surface area contributed by atoms with Gasteiger partial charge in [-0.1, -0.05) is 0 Å². The summed E-state index contributed by atoms with van der Waals surface area (Å²) < 4.78 is 16.3. The third kappa shape index (κ3) is 3.88. The standard InChI is InChI=1S/C20H24N2O5/c1-11-8-16(15-6-5-7-26-15)27-20(24)17(11)19(23)22-10-14-13(3)18(25-4)12(2)9-21-14/h8-9,15H,5-7,10H2,1-4H3,(H,22,23). The van der Waals surface area contributed by atoms with E-state index in [9.17, 15) is 9.59 Å². The van der Waals surface area contributed by atoms with Gasteiger partial charge in [0.2, 0.25) is 0 Å². The first-order chi connectivity index (χ1) is 12.9. The highest BCUT2D eigenvalue weighted by Gasteiger charge is 2.24. The maximum atomic E-state index is 12.6. The zero-order chi connectivity index (χ0) is 19.6. The van der Waals surface area contributed by atoms with Gasteiger partial charge in [0.25, 0.3) is 5.91 Å². The Hall–Kier alpha value is -2.67. The quantitative estimate of drug-likeness (QED) is 0.868. The van der Waals surface area contributed by atoms with Crippen LogP contribution in [0.5, 0.6) is 5.75 Å². The topological polar surface area (TPSA) is 90.7 Å². The van der Waals surface area contributed by atoms with E-state index >= 15 is 0 Å². The van der Waals surface area contributed by atoms with Crippen molar-refractivity contribution in [3.8, 4) is 5.75 Å². The van der Waals surface area contributed by atoms with Gasteiger partial charge in [-0.25, -0.2) is 4.79 Å². The summed E-state index contributed by atoms with van der Waals surface area (Å²) in [5.74, 6) is 0.735. The van der Waals surface area contributed by atoms with Gasteiger partial charge in [0, 0.05) is 23.9 Å². The Morgan fingerprint density at radius 2 is 2.11 bits per heavy atom. The number of carbonyl (C=O) groups is 1. The molecular formula is C20H24N2O5. The van der Waals surface area contributed by atoms with Gasteiger partial charge >= 0.3 is 5.63 Å². The molecule has 1 atom stereocenters. The van der Waals surface area contributed by atoms with Crippen LogP contribution < -0.4 is 15.7 Å². The molecule has 2 aromatic heterocycles.